The molecule has 0 radical (unpaired) electrons. The number of pyridine rings is 1. The molecule has 4 heterocycles. The van der Waals surface area contributed by atoms with Crippen LogP contribution in [0.25, 0.3) is 10.9 Å². The summed E-state index contributed by atoms with van der Waals surface area (Å²) in [6.07, 6.45) is 1.57. The van der Waals surface area contributed by atoms with Crippen LogP contribution in [0.1, 0.15) is 40.5 Å². The normalized spacial score (nSPS) is 18.1. The Morgan fingerprint density at radius 3 is 2.62 bits per heavy atom. The number of imide groups is 2. The van der Waals surface area contributed by atoms with E-state index in [1.807, 2.05) is 25.1 Å². The fourth-order valence-electron chi connectivity index (χ4n) is 6.07. The first-order valence-electron chi connectivity index (χ1n) is 17.0. The van der Waals surface area contributed by atoms with Gasteiger partial charge in [-0.25, -0.2) is 0 Å². The molecule has 0 aliphatic carbocycles. The Morgan fingerprint density at radius 2 is 1.91 bits per heavy atom. The number of halogens is 1. The second-order valence-corrected chi connectivity index (χ2v) is 13.1. The lowest BCUT2D eigenvalue weighted by Gasteiger charge is -2.27. The van der Waals surface area contributed by atoms with Gasteiger partial charge in [0.05, 0.1) is 42.8 Å². The van der Waals surface area contributed by atoms with Crippen LogP contribution in [0.4, 0.5) is 5.69 Å². The van der Waals surface area contributed by atoms with E-state index in [0.717, 1.165) is 4.90 Å². The van der Waals surface area contributed by atoms with Crippen molar-refractivity contribution in [3.63, 3.8) is 0 Å². The van der Waals surface area contributed by atoms with Crippen LogP contribution in [0.5, 0.6) is 11.5 Å². The van der Waals surface area contributed by atoms with Gasteiger partial charge in [-0.15, -0.1) is 0 Å². The zero-order chi connectivity index (χ0) is 37.6. The summed E-state index contributed by atoms with van der Waals surface area (Å²) in [4.78, 5) is 80.8. The molecule has 278 valence electrons. The lowest BCUT2D eigenvalue weighted by molar-refractivity contribution is -0.136. The molecule has 2 fully saturated rings. The molecule has 1 aromatic heterocycles. The number of carbonyl (C=O) groups is 5. The molecule has 4 N–H and O–H groups in total. The maximum absolute atomic E-state index is 13.3. The van der Waals surface area contributed by atoms with Gasteiger partial charge < -0.3 is 34.7 Å². The molecule has 1 unspecified atom stereocenters. The van der Waals surface area contributed by atoms with Crippen molar-refractivity contribution in [3.05, 3.63) is 75.3 Å². The van der Waals surface area contributed by atoms with Crippen LogP contribution in [-0.4, -0.2) is 91.4 Å². The van der Waals surface area contributed by atoms with Gasteiger partial charge in [-0.3, -0.25) is 44.0 Å². The number of nitrogens with one attached hydrogen (secondary N) is 4. The van der Waals surface area contributed by atoms with Crippen molar-refractivity contribution in [1.29, 1.82) is 0 Å². The number of piperidine rings is 1. The lowest BCUT2D eigenvalue weighted by Crippen LogP contribution is -2.54. The van der Waals surface area contributed by atoms with Crippen molar-refractivity contribution in [2.75, 3.05) is 45.3 Å². The first-order valence-corrected chi connectivity index (χ1v) is 17.4. The third-order valence-electron chi connectivity index (χ3n) is 8.92. The van der Waals surface area contributed by atoms with Crippen LogP contribution in [0.15, 0.2) is 63.6 Å². The van der Waals surface area contributed by atoms with E-state index in [1.165, 1.54) is 25.0 Å². The van der Waals surface area contributed by atoms with Gasteiger partial charge in [-0.1, -0.05) is 24.6 Å². The highest BCUT2D eigenvalue weighted by atomic mass is 35.5. The predicted molar refractivity (Wildman–Crippen MR) is 194 cm³/mol. The molecular formula is C36H38ClN7O9. The van der Waals surface area contributed by atoms with Crippen LogP contribution in [0.2, 0.25) is 0 Å². The quantitative estimate of drug-likeness (QED) is 0.101. The van der Waals surface area contributed by atoms with Crippen molar-refractivity contribution in [2.45, 2.75) is 32.4 Å². The number of rotatable bonds is 15. The molecule has 3 aliphatic rings. The number of ether oxygens (including phenoxy) is 3. The van der Waals surface area contributed by atoms with E-state index in [4.69, 9.17) is 25.8 Å². The van der Waals surface area contributed by atoms with Crippen LogP contribution in [-0.2, 0) is 25.7 Å². The molecule has 2 atom stereocenters. The van der Waals surface area contributed by atoms with Crippen molar-refractivity contribution in [1.82, 2.24) is 25.4 Å². The second kappa shape index (κ2) is 16.3. The number of nitrogens with zero attached hydrogens (tertiary/aromatic N) is 3. The van der Waals surface area contributed by atoms with E-state index in [0.29, 0.717) is 48.7 Å². The van der Waals surface area contributed by atoms with Crippen molar-refractivity contribution in [3.8, 4) is 11.5 Å². The smallest absolute Gasteiger partial charge is 0.293 e. The Balaban J connectivity index is 1.05. The third kappa shape index (κ3) is 8.18. The molecule has 3 aromatic rings. The minimum Gasteiger partial charge on any atom is -0.492 e. The summed E-state index contributed by atoms with van der Waals surface area (Å²) in [5.74, 6) is -1.96. The minimum atomic E-state index is -1.07. The highest BCUT2D eigenvalue weighted by molar-refractivity contribution is 6.26. The van der Waals surface area contributed by atoms with Crippen LogP contribution < -0.4 is 36.3 Å². The van der Waals surface area contributed by atoms with Gasteiger partial charge in [0.2, 0.25) is 11.8 Å². The molecule has 6 rings (SSSR count). The van der Waals surface area contributed by atoms with Crippen LogP contribution in [0.3, 0.4) is 0 Å². The number of hydrogen-bond acceptors (Lipinski definition) is 11. The van der Waals surface area contributed by atoms with Gasteiger partial charge in [-0.2, -0.15) is 0 Å². The standard InChI is InChI=1S/C36H38ClN7O9/c1-20(15-52-27-5-3-4-24-32(27)36(50)44(34(24)48)26-8-9-30(45)42-33(26)47)13-39-19-40-29(12-37)41-23-6-7-25-22(10-23)11-28(53-18-31(46)38-2)35(49)43(25)14-21-16-51-17-21/h3-7,10-12,19-21,26,41H,8-9,13-18H2,1-2H3,(H,38,46)(H,39,40)(H,42,45,47)/b29-12-/t20-,26?/m0/s1. The number of aromatic nitrogens is 1. The Bertz CT molecular complexity index is 2080. The Morgan fingerprint density at radius 1 is 1.09 bits per heavy atom. The highest BCUT2D eigenvalue weighted by Gasteiger charge is 2.46. The molecule has 2 aromatic carbocycles. The maximum atomic E-state index is 13.3. The van der Waals surface area contributed by atoms with Gasteiger partial charge in [0.25, 0.3) is 23.3 Å². The molecular weight excluding hydrogens is 710 g/mol. The summed E-state index contributed by atoms with van der Waals surface area (Å²) >= 11 is 6.10. The van der Waals surface area contributed by atoms with Crippen LogP contribution >= 0.6 is 11.6 Å². The summed E-state index contributed by atoms with van der Waals surface area (Å²) in [5, 5.41) is 11.5. The Labute approximate surface area is 308 Å². The predicted octanol–water partition coefficient (Wildman–Crippen LogP) is 1.96. The van der Waals surface area contributed by atoms with E-state index in [2.05, 4.69) is 26.3 Å². The van der Waals surface area contributed by atoms with Crippen molar-refractivity contribution in [2.24, 2.45) is 16.8 Å². The molecule has 17 heteroatoms. The number of aliphatic imine (C=N–C) groups is 1. The van der Waals surface area contributed by atoms with Crippen LogP contribution in [0, 0.1) is 11.8 Å². The number of likely N-dealkylation sites (N-methyl/N-ethyl adjacent to an activating group) is 1. The molecule has 53 heavy (non-hydrogen) atoms. The second-order valence-electron chi connectivity index (χ2n) is 12.9. The maximum Gasteiger partial charge on any atom is 0.293 e. The molecule has 0 spiro atoms. The molecule has 3 aliphatic heterocycles. The average Bonchev–Trinajstić information content (AvgIpc) is 3.38. The summed E-state index contributed by atoms with van der Waals surface area (Å²) in [7, 11) is 1.49. The average molecular weight is 748 g/mol. The number of benzene rings is 2. The third-order valence-corrected chi connectivity index (χ3v) is 9.13. The minimum absolute atomic E-state index is 0.0299. The number of fused-ring (bicyclic) bond motifs is 2. The zero-order valence-corrected chi connectivity index (χ0v) is 29.7. The van der Waals surface area contributed by atoms with E-state index in [9.17, 15) is 28.8 Å². The van der Waals surface area contributed by atoms with Crippen molar-refractivity contribution < 1.29 is 38.2 Å². The van der Waals surface area contributed by atoms with Gasteiger partial charge in [-0.05, 0) is 42.8 Å². The van der Waals surface area contributed by atoms with Gasteiger partial charge in [0.15, 0.2) is 12.4 Å². The summed E-state index contributed by atoms with van der Waals surface area (Å²) < 4.78 is 18.5. The van der Waals surface area contributed by atoms with E-state index < -0.39 is 29.7 Å². The first-order chi connectivity index (χ1) is 25.6. The Hall–Kier alpha value is -5.74. The topological polar surface area (TPSA) is 199 Å². The molecule has 2 saturated heterocycles. The van der Waals surface area contributed by atoms with Crippen molar-refractivity contribution >= 4 is 64.1 Å². The number of hydrogen-bond donors (Lipinski definition) is 4. The van der Waals surface area contributed by atoms with E-state index in [-0.39, 0.29) is 72.0 Å². The fraction of sp³-hybridized carbons (Fsp3) is 0.361. The monoisotopic (exact) mass is 747 g/mol. The SMILES string of the molecule is CNC(=O)COc1cc2cc(N/C(=C\Cl)NC=NC[C@H](C)COc3cccc4c3C(=O)N(C3CCC(=O)NC3=O)C4=O)ccc2n(CC2COC2)c1=O. The van der Waals surface area contributed by atoms with E-state index >= 15 is 0 Å². The fourth-order valence-corrected chi connectivity index (χ4v) is 6.19. The number of carbonyl (C=O) groups excluding carboxylic acids is 5. The Kier molecular flexibility index (Phi) is 11.4. The highest BCUT2D eigenvalue weighted by Crippen LogP contribution is 2.34. The first kappa shape index (κ1) is 37.0. The summed E-state index contributed by atoms with van der Waals surface area (Å²) in [6, 6.07) is 10.7. The molecule has 5 amide bonds. The van der Waals surface area contributed by atoms with E-state index in [1.54, 1.807) is 22.8 Å². The molecule has 16 nitrogen and oxygen atoms in total. The van der Waals surface area contributed by atoms with Gasteiger partial charge >= 0.3 is 0 Å². The molecule has 0 saturated carbocycles. The summed E-state index contributed by atoms with van der Waals surface area (Å²) in [6.45, 7) is 3.69. The van der Waals surface area contributed by atoms with Gasteiger partial charge in [0.1, 0.15) is 17.6 Å². The lowest BCUT2D eigenvalue weighted by atomic mass is 10.0. The number of amides is 5. The summed E-state index contributed by atoms with van der Waals surface area (Å²) in [5.41, 5.74) is 2.55. The largest absolute Gasteiger partial charge is 0.492 e. The molecule has 0 bridgehead atoms. The number of anilines is 1. The zero-order valence-electron chi connectivity index (χ0n) is 29.0. The van der Waals surface area contributed by atoms with Gasteiger partial charge in [0, 0.05) is 55.0 Å².